The van der Waals surface area contributed by atoms with E-state index in [1.54, 1.807) is 28.8 Å². The Morgan fingerprint density at radius 3 is 2.70 bits per heavy atom. The van der Waals surface area contributed by atoms with Crippen LogP contribution in [-0.2, 0) is 5.75 Å². The predicted octanol–water partition coefficient (Wildman–Crippen LogP) is 4.85. The topological polar surface area (TPSA) is 32.7 Å². The zero-order valence-corrected chi connectivity index (χ0v) is 15.4. The largest absolute Gasteiger partial charge is 0.286 e. The van der Waals surface area contributed by atoms with Crippen molar-refractivity contribution in [2.75, 3.05) is 13.1 Å². The van der Waals surface area contributed by atoms with E-state index in [0.717, 1.165) is 15.4 Å². The van der Waals surface area contributed by atoms with Gasteiger partial charge in [0.2, 0.25) is 0 Å². The minimum Gasteiger partial charge on any atom is -0.286 e. The van der Waals surface area contributed by atoms with E-state index in [1.165, 1.54) is 5.56 Å². The van der Waals surface area contributed by atoms with Crippen LogP contribution in [0.25, 0.3) is 0 Å². The highest BCUT2D eigenvalue weighted by Crippen LogP contribution is 2.24. The Kier molecular flexibility index (Phi) is 5.41. The Bertz CT molecular complexity index is 749. The SMILES string of the molecule is O=C(c1ccccc1Cl)N1CCN=C1SCc1ccc(Br)cc1. The van der Waals surface area contributed by atoms with E-state index in [4.69, 9.17) is 11.6 Å². The van der Waals surface area contributed by atoms with Crippen LogP contribution in [0.5, 0.6) is 0 Å². The summed E-state index contributed by atoms with van der Waals surface area (Å²) >= 11 is 11.1. The minimum absolute atomic E-state index is 0.0878. The third kappa shape index (κ3) is 3.97. The third-order valence-corrected chi connectivity index (χ3v) is 5.38. The van der Waals surface area contributed by atoms with Crippen molar-refractivity contribution >= 4 is 50.4 Å². The maximum absolute atomic E-state index is 12.7. The summed E-state index contributed by atoms with van der Waals surface area (Å²) in [4.78, 5) is 18.8. The van der Waals surface area contributed by atoms with E-state index < -0.39 is 0 Å². The van der Waals surface area contributed by atoms with Gasteiger partial charge in [0.1, 0.15) is 0 Å². The number of thioether (sulfide) groups is 1. The lowest BCUT2D eigenvalue weighted by molar-refractivity contribution is 0.0861. The van der Waals surface area contributed by atoms with E-state index in [9.17, 15) is 4.79 Å². The lowest BCUT2D eigenvalue weighted by Crippen LogP contribution is -2.33. The summed E-state index contributed by atoms with van der Waals surface area (Å²) in [6.07, 6.45) is 0. The molecule has 1 amide bonds. The molecule has 0 aliphatic carbocycles. The molecular formula is C17H14BrClN2OS. The maximum Gasteiger partial charge on any atom is 0.261 e. The summed E-state index contributed by atoms with van der Waals surface area (Å²) in [6.45, 7) is 1.24. The highest BCUT2D eigenvalue weighted by Gasteiger charge is 2.26. The zero-order chi connectivity index (χ0) is 16.2. The van der Waals surface area contributed by atoms with Gasteiger partial charge < -0.3 is 0 Å². The molecular weight excluding hydrogens is 396 g/mol. The average Bonchev–Trinajstić information content (AvgIpc) is 3.03. The molecule has 1 heterocycles. The number of halogens is 2. The van der Waals surface area contributed by atoms with Crippen molar-refractivity contribution in [1.29, 1.82) is 0 Å². The highest BCUT2D eigenvalue weighted by molar-refractivity contribution is 9.10. The molecule has 0 radical (unpaired) electrons. The number of nitrogens with zero attached hydrogens (tertiary/aromatic N) is 2. The predicted molar refractivity (Wildman–Crippen MR) is 100 cm³/mol. The number of carbonyl (C=O) groups excluding carboxylic acids is 1. The first-order valence-corrected chi connectivity index (χ1v) is 9.29. The number of carbonyl (C=O) groups is 1. The molecule has 0 saturated heterocycles. The molecule has 1 aliphatic heterocycles. The second-order valence-corrected chi connectivity index (χ2v) is 7.28. The molecule has 2 aromatic rings. The first kappa shape index (κ1) is 16.6. The highest BCUT2D eigenvalue weighted by atomic mass is 79.9. The summed E-state index contributed by atoms with van der Waals surface area (Å²) in [5.74, 6) is 0.688. The number of hydrogen-bond donors (Lipinski definition) is 0. The Morgan fingerprint density at radius 1 is 1.22 bits per heavy atom. The van der Waals surface area contributed by atoms with Crippen LogP contribution < -0.4 is 0 Å². The summed E-state index contributed by atoms with van der Waals surface area (Å²) in [5.41, 5.74) is 1.71. The molecule has 2 aromatic carbocycles. The van der Waals surface area contributed by atoms with Crippen LogP contribution in [0, 0.1) is 0 Å². The Hall–Kier alpha value is -1.30. The number of hydrogen-bond acceptors (Lipinski definition) is 3. The first-order chi connectivity index (χ1) is 11.1. The molecule has 0 unspecified atom stereocenters. The van der Waals surface area contributed by atoms with Gasteiger partial charge in [-0.15, -0.1) is 0 Å². The van der Waals surface area contributed by atoms with Crippen LogP contribution in [0.2, 0.25) is 5.02 Å². The molecule has 1 aliphatic rings. The number of rotatable bonds is 3. The van der Waals surface area contributed by atoms with E-state index in [-0.39, 0.29) is 5.91 Å². The van der Waals surface area contributed by atoms with Gasteiger partial charge in [0.05, 0.1) is 17.1 Å². The zero-order valence-electron chi connectivity index (χ0n) is 12.2. The van der Waals surface area contributed by atoms with E-state index in [0.29, 0.717) is 23.7 Å². The second kappa shape index (κ2) is 7.51. The molecule has 118 valence electrons. The fourth-order valence-corrected chi connectivity index (χ4v) is 3.73. The van der Waals surface area contributed by atoms with Gasteiger partial charge in [0.25, 0.3) is 5.91 Å². The van der Waals surface area contributed by atoms with E-state index in [1.807, 2.05) is 24.3 Å². The van der Waals surface area contributed by atoms with Crippen molar-refractivity contribution in [3.05, 3.63) is 69.2 Å². The number of aliphatic imine (C=N–C) groups is 1. The summed E-state index contributed by atoms with van der Waals surface area (Å²) in [5, 5.41) is 1.24. The average molecular weight is 410 g/mol. The first-order valence-electron chi connectivity index (χ1n) is 7.13. The summed E-state index contributed by atoms with van der Waals surface area (Å²) < 4.78 is 1.06. The Labute approximate surface area is 152 Å². The standard InChI is InChI=1S/C17H14BrClN2OS/c18-13-7-5-12(6-8-13)11-23-17-20-9-10-21(17)16(22)14-3-1-2-4-15(14)19/h1-8H,9-11H2. The normalized spacial score (nSPS) is 14.0. The molecule has 0 saturated carbocycles. The van der Waals surface area contributed by atoms with Crippen LogP contribution in [0.3, 0.4) is 0 Å². The van der Waals surface area contributed by atoms with Crippen molar-refractivity contribution in [1.82, 2.24) is 4.90 Å². The Morgan fingerprint density at radius 2 is 1.96 bits per heavy atom. The quantitative estimate of drug-likeness (QED) is 0.726. The van der Waals surface area contributed by atoms with Crippen LogP contribution in [-0.4, -0.2) is 29.1 Å². The number of amidine groups is 1. The molecule has 23 heavy (non-hydrogen) atoms. The van der Waals surface area contributed by atoms with Gasteiger partial charge in [-0.05, 0) is 29.8 Å². The Balaban J connectivity index is 1.69. The minimum atomic E-state index is -0.0878. The molecule has 0 atom stereocenters. The van der Waals surface area contributed by atoms with E-state index in [2.05, 4.69) is 33.1 Å². The third-order valence-electron chi connectivity index (χ3n) is 3.43. The number of benzene rings is 2. The smallest absolute Gasteiger partial charge is 0.261 e. The molecule has 6 heteroatoms. The van der Waals surface area contributed by atoms with Crippen molar-refractivity contribution in [2.24, 2.45) is 4.99 Å². The molecule has 0 N–H and O–H groups in total. The van der Waals surface area contributed by atoms with Crippen LogP contribution in [0.15, 0.2) is 58.0 Å². The van der Waals surface area contributed by atoms with Crippen molar-refractivity contribution < 1.29 is 4.79 Å². The van der Waals surface area contributed by atoms with Crippen LogP contribution in [0.4, 0.5) is 0 Å². The van der Waals surface area contributed by atoms with Gasteiger partial charge in [-0.3, -0.25) is 14.7 Å². The van der Waals surface area contributed by atoms with Crippen molar-refractivity contribution in [2.45, 2.75) is 5.75 Å². The fraction of sp³-hybridized carbons (Fsp3) is 0.176. The fourth-order valence-electron chi connectivity index (χ4n) is 2.25. The monoisotopic (exact) mass is 408 g/mol. The van der Waals surface area contributed by atoms with Crippen molar-refractivity contribution in [3.63, 3.8) is 0 Å². The van der Waals surface area contributed by atoms with Gasteiger partial charge in [-0.25, -0.2) is 0 Å². The molecule has 3 rings (SSSR count). The second-order valence-electron chi connectivity index (χ2n) is 5.02. The number of amides is 1. The summed E-state index contributed by atoms with van der Waals surface area (Å²) in [6, 6.07) is 15.3. The van der Waals surface area contributed by atoms with Crippen LogP contribution >= 0.6 is 39.3 Å². The lowest BCUT2D eigenvalue weighted by Gasteiger charge is -2.18. The van der Waals surface area contributed by atoms with Gasteiger partial charge >= 0.3 is 0 Å². The van der Waals surface area contributed by atoms with Gasteiger partial charge in [0, 0.05) is 16.8 Å². The van der Waals surface area contributed by atoms with Crippen LogP contribution in [0.1, 0.15) is 15.9 Å². The van der Waals surface area contributed by atoms with Gasteiger partial charge in [-0.2, -0.15) is 0 Å². The molecule has 0 bridgehead atoms. The molecule has 0 fully saturated rings. The molecule has 0 aromatic heterocycles. The van der Waals surface area contributed by atoms with Gasteiger partial charge in [0.15, 0.2) is 5.17 Å². The van der Waals surface area contributed by atoms with E-state index >= 15 is 0 Å². The molecule has 3 nitrogen and oxygen atoms in total. The molecule has 0 spiro atoms. The maximum atomic E-state index is 12.7. The summed E-state index contributed by atoms with van der Waals surface area (Å²) in [7, 11) is 0. The lowest BCUT2D eigenvalue weighted by atomic mass is 10.2. The van der Waals surface area contributed by atoms with Crippen molar-refractivity contribution in [3.8, 4) is 0 Å². The van der Waals surface area contributed by atoms with Gasteiger partial charge in [-0.1, -0.05) is 63.6 Å².